The van der Waals surface area contributed by atoms with Gasteiger partial charge in [0.25, 0.3) is 0 Å². The van der Waals surface area contributed by atoms with Crippen LogP contribution in [0, 0.1) is 0 Å². The highest BCUT2D eigenvalue weighted by Crippen LogP contribution is 2.59. The number of nitrogens with one attached hydrogen (secondary N) is 2. The first kappa shape index (κ1) is 17.8. The average molecular weight is 320 g/mol. The molecule has 2 amide bonds. The summed E-state index contributed by atoms with van der Waals surface area (Å²) in [6.07, 6.45) is -0.115. The number of ketones is 1. The lowest BCUT2D eigenvalue weighted by Gasteiger charge is -2.30. The Hall–Kier alpha value is -1.24. The van der Waals surface area contributed by atoms with E-state index in [0.29, 0.717) is 0 Å². The second-order valence-electron chi connectivity index (χ2n) is 5.21. The topological polar surface area (TPSA) is 111 Å². The summed E-state index contributed by atoms with van der Waals surface area (Å²) >= 11 is 0. The molecule has 0 bridgehead atoms. The molecule has 0 aromatic rings. The second kappa shape index (κ2) is 6.68. The molecule has 1 fully saturated rings. The number of carbonyl (C=O) groups excluding carboxylic acids is 3. The fourth-order valence-electron chi connectivity index (χ4n) is 2.02. The van der Waals surface area contributed by atoms with Crippen LogP contribution in [-0.2, 0) is 28.0 Å². The van der Waals surface area contributed by atoms with Crippen molar-refractivity contribution in [3.63, 3.8) is 0 Å². The van der Waals surface area contributed by atoms with Crippen LogP contribution in [-0.4, -0.2) is 49.6 Å². The lowest BCUT2D eigenvalue weighted by atomic mass is 10.00. The van der Waals surface area contributed by atoms with E-state index in [1.54, 1.807) is 0 Å². The summed E-state index contributed by atoms with van der Waals surface area (Å²) in [4.78, 5) is 35.7. The van der Waals surface area contributed by atoms with E-state index in [4.69, 9.17) is 9.05 Å². The Bertz CT molecular complexity index is 482. The molecule has 0 radical (unpaired) electrons. The maximum absolute atomic E-state index is 12.4. The van der Waals surface area contributed by atoms with E-state index in [1.165, 1.54) is 28.1 Å². The van der Waals surface area contributed by atoms with Crippen molar-refractivity contribution in [2.24, 2.45) is 0 Å². The zero-order valence-electron chi connectivity index (χ0n) is 12.6. The van der Waals surface area contributed by atoms with E-state index in [-0.39, 0.29) is 25.3 Å². The molecule has 8 nitrogen and oxygen atoms in total. The second-order valence-corrected chi connectivity index (χ2v) is 8.05. The van der Waals surface area contributed by atoms with Gasteiger partial charge in [-0.1, -0.05) is 0 Å². The summed E-state index contributed by atoms with van der Waals surface area (Å²) in [6, 6.07) is -0.978. The van der Waals surface area contributed by atoms with Gasteiger partial charge in [0.15, 0.2) is 5.78 Å². The van der Waals surface area contributed by atoms with Crippen LogP contribution in [0.5, 0.6) is 0 Å². The molecule has 0 spiro atoms. The van der Waals surface area contributed by atoms with E-state index in [1.807, 2.05) is 0 Å². The van der Waals surface area contributed by atoms with Gasteiger partial charge < -0.3 is 19.7 Å². The summed E-state index contributed by atoms with van der Waals surface area (Å²) < 4.78 is 22.1. The van der Waals surface area contributed by atoms with Crippen molar-refractivity contribution in [2.45, 2.75) is 37.9 Å². The number of hydrogen-bond acceptors (Lipinski definition) is 6. The predicted octanol–water partition coefficient (Wildman–Crippen LogP) is 0.215. The van der Waals surface area contributed by atoms with Crippen molar-refractivity contribution < 1.29 is 28.0 Å². The van der Waals surface area contributed by atoms with Gasteiger partial charge in [-0.3, -0.25) is 18.9 Å². The Morgan fingerprint density at radius 2 is 1.90 bits per heavy atom. The molecular formula is C12H21N2O6P. The van der Waals surface area contributed by atoms with Gasteiger partial charge in [-0.2, -0.15) is 0 Å². The van der Waals surface area contributed by atoms with Crippen LogP contribution in [0.3, 0.4) is 0 Å². The van der Waals surface area contributed by atoms with E-state index in [9.17, 15) is 18.9 Å². The van der Waals surface area contributed by atoms with Crippen LogP contribution in [0.2, 0.25) is 0 Å². The Balaban J connectivity index is 2.90. The van der Waals surface area contributed by atoms with Crippen molar-refractivity contribution >= 4 is 25.2 Å². The lowest BCUT2D eigenvalue weighted by Crippen LogP contribution is -2.47. The van der Waals surface area contributed by atoms with E-state index in [2.05, 4.69) is 10.6 Å². The van der Waals surface area contributed by atoms with E-state index >= 15 is 0 Å². The Labute approximate surface area is 123 Å². The molecule has 21 heavy (non-hydrogen) atoms. The van der Waals surface area contributed by atoms with Gasteiger partial charge in [0.1, 0.15) is 11.2 Å². The highest BCUT2D eigenvalue weighted by molar-refractivity contribution is 7.56. The molecule has 0 unspecified atom stereocenters. The van der Waals surface area contributed by atoms with Crippen LogP contribution in [0.1, 0.15) is 26.7 Å². The van der Waals surface area contributed by atoms with Crippen molar-refractivity contribution in [3.8, 4) is 0 Å². The molecular weight excluding hydrogens is 299 g/mol. The van der Waals surface area contributed by atoms with Gasteiger partial charge in [-0.25, -0.2) is 0 Å². The zero-order valence-corrected chi connectivity index (χ0v) is 13.5. The van der Waals surface area contributed by atoms with Crippen LogP contribution in [0.15, 0.2) is 0 Å². The van der Waals surface area contributed by atoms with Crippen LogP contribution in [0.25, 0.3) is 0 Å². The summed E-state index contributed by atoms with van der Waals surface area (Å²) in [5, 5.41) is 3.60. The third-order valence-electron chi connectivity index (χ3n) is 3.54. The third kappa shape index (κ3) is 3.70. The first-order valence-corrected chi connectivity index (χ1v) is 8.04. The van der Waals surface area contributed by atoms with Crippen molar-refractivity contribution in [3.05, 3.63) is 0 Å². The van der Waals surface area contributed by atoms with Gasteiger partial charge in [0, 0.05) is 33.6 Å². The Morgan fingerprint density at radius 1 is 1.33 bits per heavy atom. The molecule has 1 heterocycles. The molecule has 1 aliphatic rings. The summed E-state index contributed by atoms with van der Waals surface area (Å²) in [5.74, 6) is -1.24. The normalized spacial score (nSPS) is 20.5. The van der Waals surface area contributed by atoms with Crippen LogP contribution < -0.4 is 10.6 Å². The van der Waals surface area contributed by atoms with Gasteiger partial charge in [-0.05, 0) is 13.8 Å². The Morgan fingerprint density at radius 3 is 2.43 bits per heavy atom. The van der Waals surface area contributed by atoms with Crippen molar-refractivity contribution in [2.75, 3.05) is 20.8 Å². The molecule has 1 atom stereocenters. The number of hydrogen-bond donors (Lipinski definition) is 2. The van der Waals surface area contributed by atoms with Crippen molar-refractivity contribution in [1.29, 1.82) is 0 Å². The minimum Gasteiger partial charge on any atom is -0.354 e. The smallest absolute Gasteiger partial charge is 0.343 e. The highest BCUT2D eigenvalue weighted by Gasteiger charge is 2.48. The lowest BCUT2D eigenvalue weighted by molar-refractivity contribution is -0.130. The molecule has 2 N–H and O–H groups in total. The first-order valence-electron chi connectivity index (χ1n) is 6.50. The number of carbonyl (C=O) groups is 3. The third-order valence-corrected chi connectivity index (χ3v) is 6.12. The first-order chi connectivity index (χ1) is 9.67. The number of amides is 2. The van der Waals surface area contributed by atoms with Gasteiger partial charge in [0.05, 0.1) is 0 Å². The molecule has 1 rings (SSSR count). The van der Waals surface area contributed by atoms with Crippen molar-refractivity contribution in [1.82, 2.24) is 10.6 Å². The minimum atomic E-state index is -3.65. The maximum Gasteiger partial charge on any atom is 0.343 e. The molecule has 0 saturated carbocycles. The summed E-state index contributed by atoms with van der Waals surface area (Å²) in [5.41, 5.74) is 0. The molecule has 0 aromatic carbocycles. The average Bonchev–Trinajstić information content (AvgIpc) is 2.59. The molecule has 1 aliphatic heterocycles. The summed E-state index contributed by atoms with van der Waals surface area (Å²) in [6.45, 7) is 3.09. The standard InChI is InChI=1S/C12H21N2O6P/c1-12(2,21(18,19-3)20-4)9(15)7-8-11(17)13-6-5-10(16)14-8/h8H,5-7H2,1-4H3,(H,13,17)(H,14,16)/t8-/m0/s1. The molecule has 120 valence electrons. The van der Waals surface area contributed by atoms with Crippen LogP contribution >= 0.6 is 7.60 Å². The quantitative estimate of drug-likeness (QED) is 0.677. The molecule has 0 aliphatic carbocycles. The van der Waals surface area contributed by atoms with Gasteiger partial charge >= 0.3 is 7.60 Å². The van der Waals surface area contributed by atoms with Gasteiger partial charge in [-0.15, -0.1) is 0 Å². The molecule has 0 aromatic heterocycles. The maximum atomic E-state index is 12.4. The fraction of sp³-hybridized carbons (Fsp3) is 0.750. The minimum absolute atomic E-state index is 0.161. The number of rotatable bonds is 6. The van der Waals surface area contributed by atoms with E-state index < -0.39 is 30.5 Å². The molecule has 9 heteroatoms. The highest BCUT2D eigenvalue weighted by atomic mass is 31.2. The largest absolute Gasteiger partial charge is 0.354 e. The predicted molar refractivity (Wildman–Crippen MR) is 74.9 cm³/mol. The summed E-state index contributed by atoms with van der Waals surface area (Å²) in [7, 11) is -1.26. The molecule has 1 saturated heterocycles. The zero-order chi connectivity index (χ0) is 16.3. The monoisotopic (exact) mass is 320 g/mol. The van der Waals surface area contributed by atoms with Gasteiger partial charge in [0.2, 0.25) is 11.8 Å². The SMILES string of the molecule is COP(=O)(OC)C(C)(C)C(=O)C[C@@H]1NC(=O)CCNC1=O. The van der Waals surface area contributed by atoms with Crippen LogP contribution in [0.4, 0.5) is 0 Å². The van der Waals surface area contributed by atoms with E-state index in [0.717, 1.165) is 0 Å². The Kier molecular flexibility index (Phi) is 5.67. The fourth-order valence-corrected chi connectivity index (χ4v) is 3.48. The number of Topliss-reactive ketones (excluding diaryl/α,β-unsaturated/α-hetero) is 1.